The molecule has 1 heterocycles. The molecule has 1 N–H and O–H groups in total. The Labute approximate surface area is 152 Å². The molecule has 0 spiro atoms. The summed E-state index contributed by atoms with van der Waals surface area (Å²) in [5.74, 6) is -1.65. The highest BCUT2D eigenvalue weighted by atomic mass is 35.5. The number of carbonyl (C=O) groups is 2. The molecule has 1 atom stereocenters. The molecule has 3 rings (SSSR count). The molecule has 26 heavy (non-hydrogen) atoms. The topological polar surface area (TPSA) is 49.4 Å². The van der Waals surface area contributed by atoms with Crippen LogP contribution >= 0.6 is 11.6 Å². The van der Waals surface area contributed by atoms with Gasteiger partial charge in [0, 0.05) is 23.7 Å². The molecule has 136 valence electrons. The summed E-state index contributed by atoms with van der Waals surface area (Å²) in [6, 6.07) is 11.4. The van der Waals surface area contributed by atoms with Gasteiger partial charge in [-0.1, -0.05) is 29.8 Å². The number of alkyl halides is 3. The lowest BCUT2D eigenvalue weighted by Gasteiger charge is -2.18. The van der Waals surface area contributed by atoms with E-state index in [1.165, 1.54) is 23.1 Å². The minimum absolute atomic E-state index is 0.0769. The molecule has 0 saturated carbocycles. The van der Waals surface area contributed by atoms with Crippen LogP contribution in [0.5, 0.6) is 0 Å². The summed E-state index contributed by atoms with van der Waals surface area (Å²) in [5, 5.41) is 2.75. The van der Waals surface area contributed by atoms with E-state index in [-0.39, 0.29) is 24.6 Å². The number of benzene rings is 2. The van der Waals surface area contributed by atoms with Crippen LogP contribution in [0.25, 0.3) is 0 Å². The first-order chi connectivity index (χ1) is 12.3. The van der Waals surface area contributed by atoms with Gasteiger partial charge < -0.3 is 10.2 Å². The molecule has 1 fully saturated rings. The van der Waals surface area contributed by atoms with E-state index in [0.717, 1.165) is 6.07 Å². The van der Waals surface area contributed by atoms with Crippen molar-refractivity contribution in [1.82, 2.24) is 0 Å². The molecule has 0 radical (unpaired) electrons. The van der Waals surface area contributed by atoms with Crippen LogP contribution in [0.3, 0.4) is 0 Å². The van der Waals surface area contributed by atoms with Gasteiger partial charge in [0.1, 0.15) is 0 Å². The lowest BCUT2D eigenvalue weighted by molar-refractivity contribution is -0.137. The van der Waals surface area contributed by atoms with Crippen molar-refractivity contribution in [3.05, 3.63) is 59.1 Å². The number of nitrogens with one attached hydrogen (secondary N) is 1. The number of amides is 2. The molecule has 0 aromatic heterocycles. The quantitative estimate of drug-likeness (QED) is 0.858. The second kappa shape index (κ2) is 6.99. The first kappa shape index (κ1) is 18.3. The predicted octanol–water partition coefficient (Wildman–Crippen LogP) is 4.35. The Bertz CT molecular complexity index is 854. The van der Waals surface area contributed by atoms with E-state index in [1.54, 1.807) is 24.3 Å². The van der Waals surface area contributed by atoms with Gasteiger partial charge in [-0.3, -0.25) is 9.59 Å². The van der Waals surface area contributed by atoms with Crippen LogP contribution in [0.1, 0.15) is 12.0 Å². The van der Waals surface area contributed by atoms with E-state index < -0.39 is 23.6 Å². The fourth-order valence-electron chi connectivity index (χ4n) is 2.85. The summed E-state index contributed by atoms with van der Waals surface area (Å²) in [5.41, 5.74) is -0.698. The number of hydrogen-bond donors (Lipinski definition) is 1. The van der Waals surface area contributed by atoms with E-state index in [4.69, 9.17) is 11.6 Å². The van der Waals surface area contributed by atoms with E-state index in [1.807, 2.05) is 0 Å². The molecule has 0 aliphatic carbocycles. The van der Waals surface area contributed by atoms with Gasteiger partial charge in [0.05, 0.1) is 17.2 Å². The molecular weight excluding hydrogens is 369 g/mol. The van der Waals surface area contributed by atoms with Crippen molar-refractivity contribution in [3.8, 4) is 0 Å². The first-order valence-corrected chi connectivity index (χ1v) is 8.16. The second-order valence-electron chi connectivity index (χ2n) is 5.92. The SMILES string of the molecule is O=C(Nc1ccccc1C(F)(F)F)[C@H]1CC(=O)N(c2cccc(Cl)c2)C1. The smallest absolute Gasteiger partial charge is 0.325 e. The summed E-state index contributed by atoms with van der Waals surface area (Å²) in [4.78, 5) is 26.0. The summed E-state index contributed by atoms with van der Waals surface area (Å²) < 4.78 is 39.1. The zero-order valence-electron chi connectivity index (χ0n) is 13.4. The standard InChI is InChI=1S/C18H14ClF3N2O2/c19-12-4-3-5-13(9-12)24-10-11(8-16(24)25)17(26)23-15-7-2-1-6-14(15)18(20,21)22/h1-7,9,11H,8,10H2,(H,23,26)/t11-/m0/s1. The van der Waals surface area contributed by atoms with Crippen LogP contribution in [-0.4, -0.2) is 18.4 Å². The van der Waals surface area contributed by atoms with Crippen molar-refractivity contribution in [2.24, 2.45) is 5.92 Å². The van der Waals surface area contributed by atoms with Gasteiger partial charge in [-0.2, -0.15) is 13.2 Å². The van der Waals surface area contributed by atoms with Crippen molar-refractivity contribution < 1.29 is 22.8 Å². The fourth-order valence-corrected chi connectivity index (χ4v) is 3.04. The number of para-hydroxylation sites is 1. The molecule has 8 heteroatoms. The molecule has 1 saturated heterocycles. The van der Waals surface area contributed by atoms with Crippen molar-refractivity contribution in [1.29, 1.82) is 0 Å². The molecule has 2 amide bonds. The maximum atomic E-state index is 13.0. The average molecular weight is 383 g/mol. The zero-order valence-corrected chi connectivity index (χ0v) is 14.1. The van der Waals surface area contributed by atoms with Gasteiger partial charge in [0.15, 0.2) is 0 Å². The Kier molecular flexibility index (Phi) is 4.91. The van der Waals surface area contributed by atoms with Gasteiger partial charge in [-0.15, -0.1) is 0 Å². The van der Waals surface area contributed by atoms with Crippen LogP contribution in [0.2, 0.25) is 5.02 Å². The van der Waals surface area contributed by atoms with Crippen LogP contribution in [0, 0.1) is 5.92 Å². The van der Waals surface area contributed by atoms with Gasteiger partial charge in [-0.05, 0) is 30.3 Å². The maximum Gasteiger partial charge on any atom is 0.418 e. The summed E-state index contributed by atoms with van der Waals surface area (Å²) in [6.45, 7) is 0.0825. The lowest BCUT2D eigenvalue weighted by atomic mass is 10.1. The Morgan fingerprint density at radius 2 is 1.88 bits per heavy atom. The number of carbonyl (C=O) groups excluding carboxylic acids is 2. The van der Waals surface area contributed by atoms with E-state index in [2.05, 4.69) is 5.32 Å². The van der Waals surface area contributed by atoms with Gasteiger partial charge in [0.25, 0.3) is 0 Å². The van der Waals surface area contributed by atoms with Crippen molar-refractivity contribution in [2.75, 3.05) is 16.8 Å². The molecule has 1 aliphatic rings. The van der Waals surface area contributed by atoms with Gasteiger partial charge in [0.2, 0.25) is 11.8 Å². The maximum absolute atomic E-state index is 13.0. The van der Waals surface area contributed by atoms with Crippen LogP contribution in [0.4, 0.5) is 24.5 Å². The zero-order chi connectivity index (χ0) is 18.9. The van der Waals surface area contributed by atoms with Crippen molar-refractivity contribution in [2.45, 2.75) is 12.6 Å². The Hall–Kier alpha value is -2.54. The minimum atomic E-state index is -4.58. The number of nitrogens with zero attached hydrogens (tertiary/aromatic N) is 1. The molecule has 1 aliphatic heterocycles. The lowest BCUT2D eigenvalue weighted by Crippen LogP contribution is -2.28. The molecule has 2 aromatic carbocycles. The average Bonchev–Trinajstić information content (AvgIpc) is 2.96. The van der Waals surface area contributed by atoms with Crippen LogP contribution in [-0.2, 0) is 15.8 Å². The van der Waals surface area contributed by atoms with Gasteiger partial charge >= 0.3 is 6.18 Å². The van der Waals surface area contributed by atoms with E-state index >= 15 is 0 Å². The highest BCUT2D eigenvalue weighted by Crippen LogP contribution is 2.35. The third-order valence-corrected chi connectivity index (χ3v) is 4.34. The highest BCUT2D eigenvalue weighted by Gasteiger charge is 2.37. The van der Waals surface area contributed by atoms with Crippen LogP contribution in [0.15, 0.2) is 48.5 Å². The normalized spacial score (nSPS) is 17.5. The Balaban J connectivity index is 1.75. The van der Waals surface area contributed by atoms with Gasteiger partial charge in [-0.25, -0.2) is 0 Å². The second-order valence-corrected chi connectivity index (χ2v) is 6.35. The number of rotatable bonds is 3. The molecule has 0 bridgehead atoms. The van der Waals surface area contributed by atoms with Crippen molar-refractivity contribution >= 4 is 34.8 Å². The van der Waals surface area contributed by atoms with E-state index in [0.29, 0.717) is 10.7 Å². The Morgan fingerprint density at radius 1 is 1.15 bits per heavy atom. The number of anilines is 2. The number of halogens is 4. The monoisotopic (exact) mass is 382 g/mol. The fraction of sp³-hybridized carbons (Fsp3) is 0.222. The molecule has 0 unspecified atom stereocenters. The van der Waals surface area contributed by atoms with Crippen LogP contribution < -0.4 is 10.2 Å². The van der Waals surface area contributed by atoms with Crippen molar-refractivity contribution in [3.63, 3.8) is 0 Å². The number of hydrogen-bond acceptors (Lipinski definition) is 2. The molecule has 4 nitrogen and oxygen atoms in total. The molecular formula is C18H14ClF3N2O2. The molecule has 2 aromatic rings. The summed E-state index contributed by atoms with van der Waals surface area (Å²) in [7, 11) is 0. The Morgan fingerprint density at radius 3 is 2.58 bits per heavy atom. The summed E-state index contributed by atoms with van der Waals surface area (Å²) >= 11 is 5.91. The predicted molar refractivity (Wildman–Crippen MR) is 92.0 cm³/mol. The summed E-state index contributed by atoms with van der Waals surface area (Å²) in [6.07, 6.45) is -4.66. The third-order valence-electron chi connectivity index (χ3n) is 4.11. The van der Waals surface area contributed by atoms with E-state index in [9.17, 15) is 22.8 Å². The largest absolute Gasteiger partial charge is 0.418 e. The minimum Gasteiger partial charge on any atom is -0.325 e. The first-order valence-electron chi connectivity index (χ1n) is 7.79. The third kappa shape index (κ3) is 3.83. The highest BCUT2D eigenvalue weighted by molar-refractivity contribution is 6.31.